The van der Waals surface area contributed by atoms with Crippen LogP contribution in [0.5, 0.6) is 17.2 Å². The fourth-order valence-corrected chi connectivity index (χ4v) is 15.6. The number of methoxy groups -OCH3 is 3. The van der Waals surface area contributed by atoms with Crippen LogP contribution in [0.25, 0.3) is 85.1 Å². The summed E-state index contributed by atoms with van der Waals surface area (Å²) in [6.45, 7) is 19.9. The highest BCUT2D eigenvalue weighted by atomic mass is 35.5. The number of thiophene rings is 1. The van der Waals surface area contributed by atoms with Crippen LogP contribution in [0, 0.1) is 19.7 Å². The first-order chi connectivity index (χ1) is 67.0. The number of anilines is 4. The normalized spacial score (nSPS) is 11.3. The fraction of sp³-hybridized carbons (Fsp3) is 0.194. The van der Waals surface area contributed by atoms with E-state index in [9.17, 15) is 28.4 Å². The van der Waals surface area contributed by atoms with Crippen LogP contribution >= 0.6 is 22.9 Å². The van der Waals surface area contributed by atoms with E-state index < -0.39 is 0 Å². The highest BCUT2D eigenvalue weighted by Crippen LogP contribution is 2.32. The monoisotopic (exact) mass is 1900 g/mol. The van der Waals surface area contributed by atoms with Crippen LogP contribution in [0.4, 0.5) is 27.1 Å². The van der Waals surface area contributed by atoms with Crippen molar-refractivity contribution in [2.24, 2.45) is 0 Å². The van der Waals surface area contributed by atoms with Gasteiger partial charge in [0.1, 0.15) is 23.1 Å². The van der Waals surface area contributed by atoms with Crippen molar-refractivity contribution < 1.29 is 18.6 Å². The predicted octanol–water partition coefficient (Wildman–Crippen LogP) is 17.6. The minimum absolute atomic E-state index is 0.0688. The molecule has 11 heterocycles. The number of benzene rings is 9. The molecule has 36 heteroatoms. The van der Waals surface area contributed by atoms with Crippen LogP contribution in [0.2, 0.25) is 5.02 Å². The number of hydrogen-bond donors (Lipinski definition) is 9. The van der Waals surface area contributed by atoms with Crippen molar-refractivity contribution in [3.8, 4) is 73.5 Å². The zero-order valence-corrected chi connectivity index (χ0v) is 79.8. The molecule has 0 aliphatic heterocycles. The van der Waals surface area contributed by atoms with Crippen molar-refractivity contribution in [1.82, 2.24) is 103 Å². The molecule has 20 rings (SSSR count). The highest BCUT2D eigenvalue weighted by Gasteiger charge is 2.21. The molecule has 0 radical (unpaired) electrons. The van der Waals surface area contributed by atoms with Crippen molar-refractivity contribution in [3.63, 3.8) is 0 Å². The van der Waals surface area contributed by atoms with Crippen LogP contribution < -0.4 is 63.3 Å². The number of hydrogen-bond acceptors (Lipinski definition) is 24. The standard InChI is InChI=1S/C24H27N5O3.C23H25N5O2.C20H19N5O.C19H16FN5O.C17H14ClN5OS/c1-24(2,3)16-8-6-15(7-9-16)22-27-23-26-17(12-21(30)29(23)28-22)14-25-19-11-10-18(31-4)13-20(19)32-5;1-23(2,3)16-7-5-15(6-8-16)21-26-22-25-18(13-20(29)28(22)27-21)14-24-17-9-11-19(30-4)12-10-17;1-24(13-15-8-4-2-5-9-15)14-17-12-18(26)25-20(21-17)22-19(23-25)16-10-6-3-7-11-16;1-12-3-2-4-13(9-12)18-23-19-22-16(10-17(26)25(19)24-18)11-21-15-7-5-14(20)6-8-15;1-10-4-5-11(18)7-13(10)19-9-12-8-15(24)23-17(20-12)21-16(22-23)14-3-2-6-25-14/h6-13,25H,14H2,1-5H3,(H,26,27,28);5-13,24H,14H2,1-4H3,(H,25,26,27);2-12H,13-14H2,1H3,(H,21,22,23);2-10,21H,11H2,1H3,(H,22,23,24);2-8,19H,9H2,1H3,(H,20,21,22). The molecule has 0 bridgehead atoms. The molecule has 0 unspecified atom stereocenters. The molecule has 33 nitrogen and oxygen atoms in total. The summed E-state index contributed by atoms with van der Waals surface area (Å²) in [5, 5.41) is 30.6. The minimum Gasteiger partial charge on any atom is -0.497 e. The summed E-state index contributed by atoms with van der Waals surface area (Å²) in [6.07, 6.45) is 0. The lowest BCUT2D eigenvalue weighted by molar-refractivity contribution is 0.315. The zero-order chi connectivity index (χ0) is 97.6. The first-order valence-corrected chi connectivity index (χ1v) is 45.6. The van der Waals surface area contributed by atoms with Gasteiger partial charge in [-0.05, 0) is 144 Å². The van der Waals surface area contributed by atoms with Crippen molar-refractivity contribution in [2.75, 3.05) is 49.6 Å². The second kappa shape index (κ2) is 42.4. The van der Waals surface area contributed by atoms with Crippen LogP contribution in [0.3, 0.4) is 0 Å². The Bertz CT molecular complexity index is 8010. The Labute approximate surface area is 804 Å². The van der Waals surface area contributed by atoms with Gasteiger partial charge in [0.25, 0.3) is 56.7 Å². The van der Waals surface area contributed by atoms with Crippen LogP contribution in [-0.2, 0) is 50.1 Å². The third kappa shape index (κ3) is 23.9. The number of fused-ring (bicyclic) bond motifs is 5. The molecule has 0 saturated heterocycles. The molecule has 0 saturated carbocycles. The van der Waals surface area contributed by atoms with E-state index in [-0.39, 0.29) is 44.4 Å². The van der Waals surface area contributed by atoms with Crippen molar-refractivity contribution >= 4 is 74.6 Å². The van der Waals surface area contributed by atoms with E-state index in [0.717, 1.165) is 73.3 Å². The Hall–Kier alpha value is -16.8. The number of halogens is 2. The van der Waals surface area contributed by atoms with Gasteiger partial charge in [-0.15, -0.1) is 11.3 Å². The maximum atomic E-state index is 12.9. The maximum Gasteiger partial charge on any atom is 0.274 e. The van der Waals surface area contributed by atoms with Gasteiger partial charge in [-0.2, -0.15) is 47.5 Å². The molecule has 0 atom stereocenters. The number of rotatable bonds is 24. The number of ether oxygens (including phenoxy) is 3. The van der Waals surface area contributed by atoms with Gasteiger partial charge in [-0.3, -0.25) is 54.4 Å². The molecule has 20 aromatic rings. The lowest BCUT2D eigenvalue weighted by atomic mass is 9.87. The first kappa shape index (κ1) is 95.4. The minimum atomic E-state index is -0.298. The number of nitrogens with one attached hydrogen (secondary N) is 9. The predicted molar refractivity (Wildman–Crippen MR) is 541 cm³/mol. The number of nitrogens with zero attached hydrogens (tertiary/aromatic N) is 16. The van der Waals surface area contributed by atoms with Gasteiger partial charge in [0.15, 0.2) is 29.1 Å². The van der Waals surface area contributed by atoms with Gasteiger partial charge in [-0.25, -0.2) is 29.3 Å². The Morgan fingerprint density at radius 2 is 0.777 bits per heavy atom. The van der Waals surface area contributed by atoms with Crippen LogP contribution in [0.15, 0.2) is 290 Å². The van der Waals surface area contributed by atoms with E-state index >= 15 is 0 Å². The number of H-pyrrole nitrogens is 5. The van der Waals surface area contributed by atoms with Gasteiger partial charge in [0.2, 0.25) is 0 Å². The lowest BCUT2D eigenvalue weighted by Crippen LogP contribution is -2.22. The molecule has 0 aliphatic carbocycles. The molecule has 11 aromatic heterocycles. The molecule has 139 heavy (non-hydrogen) atoms. The van der Waals surface area contributed by atoms with Crippen molar-refractivity contribution in [1.29, 1.82) is 0 Å². The van der Waals surface area contributed by atoms with E-state index in [1.54, 1.807) is 56.9 Å². The molecule has 0 fully saturated rings. The molecule has 0 spiro atoms. The third-order valence-electron chi connectivity index (χ3n) is 22.2. The summed E-state index contributed by atoms with van der Waals surface area (Å²) < 4.78 is 35.5. The van der Waals surface area contributed by atoms with E-state index in [2.05, 4.69) is 179 Å². The first-order valence-electron chi connectivity index (χ1n) is 44.4. The van der Waals surface area contributed by atoms with E-state index in [4.69, 9.17) is 25.8 Å². The SMILES string of the molecule is CN(Cc1ccccc1)Cc1cc(=O)n2[nH]c(-c3ccccc3)nc2n1.COc1ccc(NCc2cc(=O)n3[nH]c(-c4ccc(C(C)(C)C)cc4)nc3n2)c(OC)c1.COc1ccc(NCc2cc(=O)n3[nH]c(-c4ccc(C(C)(C)C)cc4)nc3n2)cc1.Cc1ccc(Cl)cc1NCc1cc(=O)n2[nH]c(-c3cccs3)nc2n1.Cc1cccc(-c2nc3nc(CNc4ccc(F)cc4)cc(=O)n3[nH]2)c1. The largest absolute Gasteiger partial charge is 0.497 e. The summed E-state index contributed by atoms with van der Waals surface area (Å²) in [5.41, 5.74) is 15.0. The van der Waals surface area contributed by atoms with Crippen molar-refractivity contribution in [3.05, 3.63) is 385 Å². The Kier molecular flexibility index (Phi) is 29.1. The molecular weight excluding hydrogens is 1800 g/mol. The smallest absolute Gasteiger partial charge is 0.274 e. The Morgan fingerprint density at radius 1 is 0.374 bits per heavy atom. The maximum absolute atomic E-state index is 12.9. The highest BCUT2D eigenvalue weighted by molar-refractivity contribution is 7.13. The Balaban J connectivity index is 0.000000126. The van der Waals surface area contributed by atoms with Gasteiger partial charge in [0, 0.05) is 93.8 Å². The fourth-order valence-electron chi connectivity index (χ4n) is 14.8. The van der Waals surface area contributed by atoms with Crippen LogP contribution in [-0.4, -0.2) is 131 Å². The zero-order valence-electron chi connectivity index (χ0n) is 78.2. The van der Waals surface area contributed by atoms with E-state index in [0.29, 0.717) is 136 Å². The Morgan fingerprint density at radius 3 is 1.22 bits per heavy atom. The third-order valence-corrected chi connectivity index (χ3v) is 23.3. The van der Waals surface area contributed by atoms with Gasteiger partial charge < -0.3 is 35.5 Å². The summed E-state index contributed by atoms with van der Waals surface area (Å²) >= 11 is 7.58. The molecule has 9 aromatic carbocycles. The second-order valence-electron chi connectivity index (χ2n) is 34.7. The van der Waals surface area contributed by atoms with Crippen molar-refractivity contribution in [2.45, 2.75) is 105 Å². The summed E-state index contributed by atoms with van der Waals surface area (Å²) in [6, 6.07) is 80.2. The summed E-state index contributed by atoms with van der Waals surface area (Å²) in [7, 11) is 6.84. The number of aromatic amines is 5. The summed E-state index contributed by atoms with van der Waals surface area (Å²) in [4.78, 5) is 110. The quantitative estimate of drug-likeness (QED) is 0.0271. The average Bonchev–Trinajstić information content (AvgIpc) is 1.67. The summed E-state index contributed by atoms with van der Waals surface area (Å²) in [5.74, 6) is 6.62. The molecule has 0 aliphatic rings. The molecule has 0 amide bonds. The lowest BCUT2D eigenvalue weighted by Gasteiger charge is -2.18. The molecule has 9 N–H and O–H groups in total. The topological polar surface area (TPSA) is 394 Å². The van der Waals surface area contributed by atoms with Crippen LogP contribution in [0.1, 0.15) is 97.8 Å². The van der Waals surface area contributed by atoms with E-state index in [1.165, 1.54) is 75.7 Å². The van der Waals surface area contributed by atoms with E-state index in [1.807, 2.05) is 190 Å². The molecular formula is C103H101ClFN25O8S. The van der Waals surface area contributed by atoms with Gasteiger partial charge in [-0.1, -0.05) is 198 Å². The second-order valence-corrected chi connectivity index (χ2v) is 36.1. The van der Waals surface area contributed by atoms with Gasteiger partial charge in [0.05, 0.1) is 86.5 Å². The van der Waals surface area contributed by atoms with Gasteiger partial charge >= 0.3 is 0 Å². The molecule has 706 valence electrons. The average molecular weight is 1900 g/mol. The number of aryl methyl sites for hydroxylation is 2. The number of aromatic nitrogens is 20.